The summed E-state index contributed by atoms with van der Waals surface area (Å²) in [6.45, 7) is 0. The van der Waals surface area contributed by atoms with Gasteiger partial charge in [-0.2, -0.15) is 0 Å². The molecular weight excluding hydrogens is 344 g/mol. The summed E-state index contributed by atoms with van der Waals surface area (Å²) in [6, 6.07) is 12.4. The minimum absolute atomic E-state index is 0.235. The summed E-state index contributed by atoms with van der Waals surface area (Å²) in [6.07, 6.45) is 20.0. The maximum absolute atomic E-state index is 4.45. The van der Waals surface area contributed by atoms with Crippen molar-refractivity contribution in [2.75, 3.05) is 0 Å². The average molecular weight is 362 g/mol. The summed E-state index contributed by atoms with van der Waals surface area (Å²) in [5, 5.41) is 0. The Morgan fingerprint density at radius 3 is 1.29 bits per heavy atom. The van der Waals surface area contributed by atoms with E-state index < -0.39 is 0 Å². The number of benzene rings is 1. The quantitative estimate of drug-likeness (QED) is 0.654. The molecule has 0 N–H and O–H groups in total. The number of aromatic nitrogens is 4. The first-order chi connectivity index (χ1) is 13.9. The molecular formula is C24H18N4. The number of nitrogens with zero attached hydrogens (tertiary/aromatic N) is 4. The Balaban J connectivity index is 1.42. The summed E-state index contributed by atoms with van der Waals surface area (Å²) < 4.78 is 0. The van der Waals surface area contributed by atoms with E-state index >= 15 is 0 Å². The Kier molecular flexibility index (Phi) is 4.22. The highest BCUT2D eigenvalue weighted by Gasteiger charge is 2.12. The van der Waals surface area contributed by atoms with E-state index in [4.69, 9.17) is 0 Å². The molecule has 2 aliphatic rings. The van der Waals surface area contributed by atoms with Gasteiger partial charge < -0.3 is 0 Å². The van der Waals surface area contributed by atoms with Gasteiger partial charge in [-0.05, 0) is 12.1 Å². The van der Waals surface area contributed by atoms with E-state index in [1.165, 1.54) is 0 Å². The zero-order valence-electron chi connectivity index (χ0n) is 15.2. The van der Waals surface area contributed by atoms with Crippen molar-refractivity contribution in [1.82, 2.24) is 19.9 Å². The zero-order valence-corrected chi connectivity index (χ0v) is 15.2. The number of hydrogen-bond donors (Lipinski definition) is 0. The van der Waals surface area contributed by atoms with E-state index in [1.807, 2.05) is 24.3 Å². The molecule has 0 bridgehead atoms. The minimum Gasteiger partial charge on any atom is -0.240 e. The largest absolute Gasteiger partial charge is 0.240 e. The molecule has 4 heteroatoms. The van der Waals surface area contributed by atoms with Gasteiger partial charge in [-0.25, -0.2) is 19.9 Å². The molecule has 0 aliphatic heterocycles. The third-order valence-corrected chi connectivity index (χ3v) is 5.03. The molecule has 0 fully saturated rings. The molecule has 2 aromatic heterocycles. The zero-order chi connectivity index (χ0) is 18.8. The standard InChI is InChI=1S/C24H18N4/c1-2-6-17(5-1)21-13-23(27-15-25-21)19-9-11-20(12-10-19)24-14-22(26-16-28-24)18-7-3-4-8-18/h1-18H. The summed E-state index contributed by atoms with van der Waals surface area (Å²) in [4.78, 5) is 17.7. The van der Waals surface area contributed by atoms with Crippen molar-refractivity contribution >= 4 is 0 Å². The van der Waals surface area contributed by atoms with E-state index in [-0.39, 0.29) is 11.8 Å². The minimum atomic E-state index is 0.235. The second-order valence-electron chi connectivity index (χ2n) is 6.82. The van der Waals surface area contributed by atoms with Gasteiger partial charge in [-0.15, -0.1) is 0 Å². The normalized spacial score (nSPS) is 15.7. The summed E-state index contributed by atoms with van der Waals surface area (Å²) >= 11 is 0. The molecule has 0 saturated heterocycles. The van der Waals surface area contributed by atoms with E-state index in [2.05, 4.69) is 80.6 Å². The molecule has 0 atom stereocenters. The molecule has 134 valence electrons. The van der Waals surface area contributed by atoms with Gasteiger partial charge in [0.25, 0.3) is 0 Å². The van der Waals surface area contributed by atoms with Gasteiger partial charge in [0.1, 0.15) is 12.7 Å². The molecule has 28 heavy (non-hydrogen) atoms. The maximum Gasteiger partial charge on any atom is 0.116 e. The van der Waals surface area contributed by atoms with Crippen LogP contribution < -0.4 is 0 Å². The Labute approximate surface area is 163 Å². The van der Waals surface area contributed by atoms with Gasteiger partial charge >= 0.3 is 0 Å². The number of allylic oxidation sites excluding steroid dienone is 8. The van der Waals surface area contributed by atoms with Crippen molar-refractivity contribution in [2.24, 2.45) is 0 Å². The molecule has 0 unspecified atom stereocenters. The fourth-order valence-electron chi connectivity index (χ4n) is 3.49. The van der Waals surface area contributed by atoms with Crippen LogP contribution >= 0.6 is 0 Å². The third kappa shape index (κ3) is 3.21. The number of rotatable bonds is 4. The van der Waals surface area contributed by atoms with Gasteiger partial charge in [-0.3, -0.25) is 0 Å². The monoisotopic (exact) mass is 362 g/mol. The van der Waals surface area contributed by atoms with E-state index in [1.54, 1.807) is 12.7 Å². The fraction of sp³-hybridized carbons (Fsp3) is 0.0833. The Morgan fingerprint density at radius 1 is 0.500 bits per heavy atom. The first-order valence-electron chi connectivity index (χ1n) is 9.31. The molecule has 0 saturated carbocycles. The lowest BCUT2D eigenvalue weighted by molar-refractivity contribution is 0.976. The van der Waals surface area contributed by atoms with Crippen molar-refractivity contribution < 1.29 is 0 Å². The molecule has 0 spiro atoms. The first kappa shape index (κ1) is 16.5. The Morgan fingerprint density at radius 2 is 0.893 bits per heavy atom. The average Bonchev–Trinajstić information content (AvgIpc) is 3.48. The highest BCUT2D eigenvalue weighted by molar-refractivity contribution is 5.67. The molecule has 5 rings (SSSR count). The van der Waals surface area contributed by atoms with E-state index in [9.17, 15) is 0 Å². The van der Waals surface area contributed by atoms with Gasteiger partial charge in [0.05, 0.1) is 22.8 Å². The highest BCUT2D eigenvalue weighted by atomic mass is 14.8. The summed E-state index contributed by atoms with van der Waals surface area (Å²) in [7, 11) is 0. The second kappa shape index (κ2) is 7.16. The van der Waals surface area contributed by atoms with Crippen LogP contribution in [0.2, 0.25) is 0 Å². The van der Waals surface area contributed by atoms with Crippen molar-refractivity contribution in [3.63, 3.8) is 0 Å². The topological polar surface area (TPSA) is 51.6 Å². The molecule has 3 aromatic rings. The molecule has 0 radical (unpaired) electrons. The third-order valence-electron chi connectivity index (χ3n) is 5.03. The number of hydrogen-bond acceptors (Lipinski definition) is 4. The van der Waals surface area contributed by atoms with Crippen LogP contribution in [0, 0.1) is 0 Å². The summed E-state index contributed by atoms with van der Waals surface area (Å²) in [5.41, 5.74) is 6.00. The second-order valence-corrected chi connectivity index (χ2v) is 6.82. The van der Waals surface area contributed by atoms with Crippen molar-refractivity contribution in [1.29, 1.82) is 0 Å². The summed E-state index contributed by atoms with van der Waals surface area (Å²) in [5.74, 6) is 0.471. The Bertz CT molecular complexity index is 1010. The fourth-order valence-corrected chi connectivity index (χ4v) is 3.49. The Hall–Kier alpha value is -3.66. The van der Waals surface area contributed by atoms with Gasteiger partial charge in [0.15, 0.2) is 0 Å². The predicted molar refractivity (Wildman–Crippen MR) is 111 cm³/mol. The molecule has 2 heterocycles. The van der Waals surface area contributed by atoms with Crippen LogP contribution in [0.1, 0.15) is 23.2 Å². The van der Waals surface area contributed by atoms with Gasteiger partial charge in [0, 0.05) is 23.0 Å². The van der Waals surface area contributed by atoms with Crippen LogP contribution in [0.25, 0.3) is 22.5 Å². The lowest BCUT2D eigenvalue weighted by Gasteiger charge is -2.09. The molecule has 4 nitrogen and oxygen atoms in total. The van der Waals surface area contributed by atoms with Crippen LogP contribution in [0.15, 0.2) is 97.7 Å². The van der Waals surface area contributed by atoms with Crippen LogP contribution in [-0.4, -0.2) is 19.9 Å². The van der Waals surface area contributed by atoms with Crippen LogP contribution in [0.5, 0.6) is 0 Å². The van der Waals surface area contributed by atoms with Crippen molar-refractivity contribution in [3.8, 4) is 22.5 Å². The van der Waals surface area contributed by atoms with Gasteiger partial charge in [0.2, 0.25) is 0 Å². The van der Waals surface area contributed by atoms with Crippen LogP contribution in [-0.2, 0) is 0 Å². The molecule has 0 amide bonds. The SMILES string of the molecule is C1=CC(c2cc(-c3ccc(-c4cc(C5C=CC=C5)ncn4)cc3)ncn2)C=C1. The lowest BCUT2D eigenvalue weighted by atomic mass is 10.0. The molecule has 2 aliphatic carbocycles. The lowest BCUT2D eigenvalue weighted by Crippen LogP contribution is -1.97. The maximum atomic E-state index is 4.45. The smallest absolute Gasteiger partial charge is 0.116 e. The predicted octanol–water partition coefficient (Wildman–Crippen LogP) is 5.02. The van der Waals surface area contributed by atoms with Crippen LogP contribution in [0.4, 0.5) is 0 Å². The van der Waals surface area contributed by atoms with E-state index in [0.717, 1.165) is 33.9 Å². The van der Waals surface area contributed by atoms with Crippen molar-refractivity contribution in [2.45, 2.75) is 11.8 Å². The highest BCUT2D eigenvalue weighted by Crippen LogP contribution is 2.28. The van der Waals surface area contributed by atoms with Gasteiger partial charge in [-0.1, -0.05) is 72.9 Å². The van der Waals surface area contributed by atoms with Crippen molar-refractivity contribution in [3.05, 3.63) is 109 Å². The van der Waals surface area contributed by atoms with Crippen LogP contribution in [0.3, 0.4) is 0 Å². The molecule has 1 aromatic carbocycles. The first-order valence-corrected chi connectivity index (χ1v) is 9.31. The van der Waals surface area contributed by atoms with E-state index in [0.29, 0.717) is 0 Å².